The van der Waals surface area contributed by atoms with Gasteiger partial charge in [-0.05, 0) is 43.4 Å². The second-order valence-corrected chi connectivity index (χ2v) is 8.83. The summed E-state index contributed by atoms with van der Waals surface area (Å²) in [4.78, 5) is 4.37. The maximum Gasteiger partial charge on any atom is 0.245 e. The van der Waals surface area contributed by atoms with Crippen molar-refractivity contribution in [3.8, 4) is 0 Å². The quantitative estimate of drug-likeness (QED) is 0.864. The van der Waals surface area contributed by atoms with Gasteiger partial charge >= 0.3 is 0 Å². The van der Waals surface area contributed by atoms with Gasteiger partial charge in [-0.2, -0.15) is 4.98 Å². The Kier molecular flexibility index (Phi) is 4.17. The third-order valence-electron chi connectivity index (χ3n) is 3.72. The third-order valence-corrected chi connectivity index (χ3v) is 5.90. The molecule has 0 unspecified atom stereocenters. The summed E-state index contributed by atoms with van der Waals surface area (Å²) in [5, 5.41) is 2.80. The van der Waals surface area contributed by atoms with E-state index in [1.165, 1.54) is 0 Å². The van der Waals surface area contributed by atoms with Crippen LogP contribution in [-0.2, 0) is 15.3 Å². The zero-order chi connectivity index (χ0) is 16.7. The fourth-order valence-electron chi connectivity index (χ4n) is 2.17. The molecule has 22 heavy (non-hydrogen) atoms. The highest BCUT2D eigenvalue weighted by Crippen LogP contribution is 2.32. The summed E-state index contributed by atoms with van der Waals surface area (Å²) >= 11 is 0. The second kappa shape index (κ2) is 5.50. The Hall–Kier alpha value is -1.69. The predicted octanol–water partition coefficient (Wildman–Crippen LogP) is 3.52. The van der Waals surface area contributed by atoms with E-state index in [-0.39, 0.29) is 11.3 Å². The minimum absolute atomic E-state index is 0.123. The SMILES string of the molecule is Cc1noc([C@H](C)S(=O)(=O)c2cc(C(C)(C)C)ccc2C)n1. The summed E-state index contributed by atoms with van der Waals surface area (Å²) in [7, 11) is -3.59. The number of aromatic nitrogens is 2. The molecule has 0 aliphatic heterocycles. The van der Waals surface area contributed by atoms with Gasteiger partial charge in [0.05, 0.1) is 4.90 Å². The predicted molar refractivity (Wildman–Crippen MR) is 84.5 cm³/mol. The van der Waals surface area contributed by atoms with Crippen LogP contribution in [0.2, 0.25) is 0 Å². The summed E-state index contributed by atoms with van der Waals surface area (Å²) in [6.45, 7) is 11.2. The van der Waals surface area contributed by atoms with Crippen molar-refractivity contribution in [1.29, 1.82) is 0 Å². The van der Waals surface area contributed by atoms with Crippen LogP contribution < -0.4 is 0 Å². The van der Waals surface area contributed by atoms with Crippen LogP contribution in [0, 0.1) is 13.8 Å². The average molecular weight is 322 g/mol. The van der Waals surface area contributed by atoms with Crippen LogP contribution in [0.1, 0.15) is 55.8 Å². The van der Waals surface area contributed by atoms with Crippen molar-refractivity contribution in [3.05, 3.63) is 41.0 Å². The van der Waals surface area contributed by atoms with Gasteiger partial charge in [0.15, 0.2) is 15.7 Å². The summed E-state index contributed by atoms with van der Waals surface area (Å²) in [5.74, 6) is 0.551. The molecular weight excluding hydrogens is 300 g/mol. The maximum atomic E-state index is 12.9. The third kappa shape index (κ3) is 3.06. The Balaban J connectivity index is 2.54. The Morgan fingerprint density at radius 2 is 1.82 bits per heavy atom. The molecule has 1 heterocycles. The number of rotatable bonds is 3. The van der Waals surface area contributed by atoms with Gasteiger partial charge in [-0.25, -0.2) is 8.42 Å². The van der Waals surface area contributed by atoms with Gasteiger partial charge in [0, 0.05) is 0 Å². The molecular formula is C16H22N2O3S. The fourth-order valence-corrected chi connectivity index (χ4v) is 3.72. The second-order valence-electron chi connectivity index (χ2n) is 6.60. The van der Waals surface area contributed by atoms with Gasteiger partial charge in [0.2, 0.25) is 5.89 Å². The number of hydrogen-bond donors (Lipinski definition) is 0. The first-order chi connectivity index (χ1) is 10.0. The lowest BCUT2D eigenvalue weighted by molar-refractivity contribution is 0.373. The van der Waals surface area contributed by atoms with Gasteiger partial charge in [-0.15, -0.1) is 0 Å². The first kappa shape index (κ1) is 16.7. The molecule has 0 bridgehead atoms. The van der Waals surface area contributed by atoms with Crippen molar-refractivity contribution in [2.45, 2.75) is 57.1 Å². The van der Waals surface area contributed by atoms with E-state index in [1.54, 1.807) is 26.8 Å². The van der Waals surface area contributed by atoms with Crippen LogP contribution in [0.15, 0.2) is 27.6 Å². The highest BCUT2D eigenvalue weighted by Gasteiger charge is 2.31. The summed E-state index contributed by atoms with van der Waals surface area (Å²) in [6.07, 6.45) is 0. The molecule has 0 aliphatic rings. The minimum atomic E-state index is -3.59. The zero-order valence-corrected chi connectivity index (χ0v) is 14.7. The molecule has 0 spiro atoms. The highest BCUT2D eigenvalue weighted by molar-refractivity contribution is 7.91. The standard InChI is InChI=1S/C16H22N2O3S/c1-10-7-8-13(16(4,5)6)9-14(10)22(19,20)11(2)15-17-12(3)18-21-15/h7-9,11H,1-6H3/t11-/m0/s1. The normalized spacial score (nSPS) is 14.1. The van der Waals surface area contributed by atoms with Crippen molar-refractivity contribution in [3.63, 3.8) is 0 Å². The van der Waals surface area contributed by atoms with Crippen molar-refractivity contribution in [2.24, 2.45) is 0 Å². The van der Waals surface area contributed by atoms with E-state index >= 15 is 0 Å². The highest BCUT2D eigenvalue weighted by atomic mass is 32.2. The number of aryl methyl sites for hydroxylation is 2. The zero-order valence-electron chi connectivity index (χ0n) is 13.8. The fraction of sp³-hybridized carbons (Fsp3) is 0.500. The largest absolute Gasteiger partial charge is 0.338 e. The average Bonchev–Trinajstić information content (AvgIpc) is 2.83. The van der Waals surface area contributed by atoms with E-state index in [0.29, 0.717) is 10.7 Å². The monoisotopic (exact) mass is 322 g/mol. The number of sulfone groups is 1. The van der Waals surface area contributed by atoms with Gasteiger partial charge in [-0.3, -0.25) is 0 Å². The molecule has 0 aliphatic carbocycles. The molecule has 0 amide bonds. The maximum absolute atomic E-state index is 12.9. The Morgan fingerprint density at radius 1 is 1.18 bits per heavy atom. The summed E-state index contributed by atoms with van der Waals surface area (Å²) in [5.41, 5.74) is 1.57. The van der Waals surface area contributed by atoms with E-state index in [1.807, 2.05) is 12.1 Å². The van der Waals surface area contributed by atoms with Crippen LogP contribution in [0.5, 0.6) is 0 Å². The van der Waals surface area contributed by atoms with Gasteiger partial charge in [0.1, 0.15) is 5.25 Å². The molecule has 1 aromatic carbocycles. The first-order valence-electron chi connectivity index (χ1n) is 7.18. The molecule has 120 valence electrons. The first-order valence-corrected chi connectivity index (χ1v) is 8.73. The number of nitrogens with zero attached hydrogens (tertiary/aromatic N) is 2. The van der Waals surface area contributed by atoms with Gasteiger partial charge in [-0.1, -0.05) is 38.1 Å². The topological polar surface area (TPSA) is 73.1 Å². The molecule has 0 N–H and O–H groups in total. The Morgan fingerprint density at radius 3 is 2.32 bits per heavy atom. The van der Waals surface area contributed by atoms with E-state index in [4.69, 9.17) is 4.52 Å². The van der Waals surface area contributed by atoms with E-state index < -0.39 is 15.1 Å². The van der Waals surface area contributed by atoms with Crippen LogP contribution in [0.4, 0.5) is 0 Å². The number of hydrogen-bond acceptors (Lipinski definition) is 5. The molecule has 2 aromatic rings. The van der Waals surface area contributed by atoms with E-state index in [0.717, 1.165) is 11.1 Å². The van der Waals surface area contributed by atoms with Crippen molar-refractivity contribution < 1.29 is 12.9 Å². The smallest absolute Gasteiger partial charge is 0.245 e. The number of benzene rings is 1. The lowest BCUT2D eigenvalue weighted by Crippen LogP contribution is -2.16. The molecule has 0 fully saturated rings. The van der Waals surface area contributed by atoms with Crippen LogP contribution in [0.3, 0.4) is 0 Å². The van der Waals surface area contributed by atoms with Crippen LogP contribution in [0.25, 0.3) is 0 Å². The molecule has 1 atom stereocenters. The summed E-state index contributed by atoms with van der Waals surface area (Å²) < 4.78 is 30.9. The Labute approximate surface area is 131 Å². The van der Waals surface area contributed by atoms with Gasteiger partial charge < -0.3 is 4.52 Å². The molecule has 1 aromatic heterocycles. The lowest BCUT2D eigenvalue weighted by atomic mass is 9.87. The lowest BCUT2D eigenvalue weighted by Gasteiger charge is -2.21. The molecule has 5 nitrogen and oxygen atoms in total. The summed E-state index contributed by atoms with van der Waals surface area (Å²) in [6, 6.07) is 5.57. The molecule has 6 heteroatoms. The van der Waals surface area contributed by atoms with E-state index in [9.17, 15) is 8.42 Å². The molecule has 0 saturated carbocycles. The Bertz CT molecular complexity index is 786. The molecule has 0 radical (unpaired) electrons. The van der Waals surface area contributed by atoms with E-state index in [2.05, 4.69) is 30.9 Å². The van der Waals surface area contributed by atoms with Crippen LogP contribution in [-0.4, -0.2) is 18.6 Å². The molecule has 2 rings (SSSR count). The van der Waals surface area contributed by atoms with Crippen LogP contribution >= 0.6 is 0 Å². The van der Waals surface area contributed by atoms with Crippen molar-refractivity contribution in [1.82, 2.24) is 10.1 Å². The molecule has 0 saturated heterocycles. The van der Waals surface area contributed by atoms with Crippen molar-refractivity contribution >= 4 is 9.84 Å². The van der Waals surface area contributed by atoms with Gasteiger partial charge in [0.25, 0.3) is 0 Å². The minimum Gasteiger partial charge on any atom is -0.338 e. The van der Waals surface area contributed by atoms with Crippen molar-refractivity contribution in [2.75, 3.05) is 0 Å².